The number of H-pyrrole nitrogens is 1. The molecule has 0 spiro atoms. The minimum absolute atomic E-state index is 0.00927. The topological polar surface area (TPSA) is 106 Å². The maximum atomic E-state index is 9.71. The Kier molecular flexibility index (Phi) is 6.80. The molecule has 190 valence electrons. The number of ether oxygens (including phenoxy) is 2. The molecule has 0 fully saturated rings. The van der Waals surface area contributed by atoms with Crippen LogP contribution in [0, 0.1) is 0 Å². The van der Waals surface area contributed by atoms with E-state index in [-0.39, 0.29) is 12.6 Å². The number of hydrogen-bond donors (Lipinski definition) is 2. The predicted molar refractivity (Wildman–Crippen MR) is 139 cm³/mol. The number of aromatic nitrogens is 6. The second kappa shape index (κ2) is 10.2. The van der Waals surface area contributed by atoms with Crippen molar-refractivity contribution in [1.29, 1.82) is 0 Å². The standard InChI is InChI=1S/C26H33N7O3/c1-5-18-16-36-26-21(14-27-32(26)4)17-7-9-22-20(13-17)23(29-28-22)10-8-19-24(15-31(18)3)33(11-12-34)30-25(19)35-6-2/h7-10,13-14,18,34H,5-6,11-12,15-16H2,1-4H3,(H,28,29)/b10-8+/t18-/m0/s1. The number of fused-ring (bicyclic) bond motifs is 4. The van der Waals surface area contributed by atoms with Crippen molar-refractivity contribution in [2.75, 3.05) is 26.9 Å². The number of hydrogen-bond acceptors (Lipinski definition) is 7. The average molecular weight is 492 g/mol. The number of aromatic amines is 1. The van der Waals surface area contributed by atoms with E-state index >= 15 is 0 Å². The molecule has 2 bridgehead atoms. The largest absolute Gasteiger partial charge is 0.476 e. The van der Waals surface area contributed by atoms with Crippen LogP contribution in [-0.4, -0.2) is 72.7 Å². The summed E-state index contributed by atoms with van der Waals surface area (Å²) in [6, 6.07) is 6.33. The van der Waals surface area contributed by atoms with Crippen molar-refractivity contribution in [3.8, 4) is 22.9 Å². The van der Waals surface area contributed by atoms with E-state index in [9.17, 15) is 5.11 Å². The minimum Gasteiger partial charge on any atom is -0.476 e. The van der Waals surface area contributed by atoms with E-state index in [1.165, 1.54) is 0 Å². The molecule has 0 aliphatic carbocycles. The third kappa shape index (κ3) is 4.38. The predicted octanol–water partition coefficient (Wildman–Crippen LogP) is 3.32. The van der Waals surface area contributed by atoms with Crippen molar-refractivity contribution < 1.29 is 14.6 Å². The summed E-state index contributed by atoms with van der Waals surface area (Å²) in [5, 5.41) is 27.5. The van der Waals surface area contributed by atoms with Gasteiger partial charge < -0.3 is 14.6 Å². The molecule has 0 radical (unpaired) electrons. The van der Waals surface area contributed by atoms with E-state index in [1.807, 2.05) is 49.1 Å². The van der Waals surface area contributed by atoms with Gasteiger partial charge >= 0.3 is 0 Å². The number of benzene rings is 1. The van der Waals surface area contributed by atoms with Crippen LogP contribution in [0.3, 0.4) is 0 Å². The highest BCUT2D eigenvalue weighted by Gasteiger charge is 2.23. The highest BCUT2D eigenvalue weighted by Crippen LogP contribution is 2.34. The third-order valence-corrected chi connectivity index (χ3v) is 6.76. The number of nitrogens with zero attached hydrogens (tertiary/aromatic N) is 6. The Balaban J connectivity index is 1.69. The molecule has 36 heavy (non-hydrogen) atoms. The molecule has 2 N–H and O–H groups in total. The molecule has 4 heterocycles. The van der Waals surface area contributed by atoms with Crippen LogP contribution in [0.25, 0.3) is 34.2 Å². The molecule has 1 aromatic carbocycles. The lowest BCUT2D eigenvalue weighted by Crippen LogP contribution is -2.36. The lowest BCUT2D eigenvalue weighted by molar-refractivity contribution is 0.141. The van der Waals surface area contributed by atoms with Gasteiger partial charge in [0.15, 0.2) is 0 Å². The summed E-state index contributed by atoms with van der Waals surface area (Å²) in [4.78, 5) is 2.27. The molecule has 1 aliphatic heterocycles. The third-order valence-electron chi connectivity index (χ3n) is 6.76. The zero-order chi connectivity index (χ0) is 25.2. The molecule has 3 aromatic heterocycles. The van der Waals surface area contributed by atoms with Crippen LogP contribution in [-0.2, 0) is 20.1 Å². The quantitative estimate of drug-likeness (QED) is 0.441. The molecule has 0 unspecified atom stereocenters. The maximum absolute atomic E-state index is 9.71. The summed E-state index contributed by atoms with van der Waals surface area (Å²) >= 11 is 0. The summed E-state index contributed by atoms with van der Waals surface area (Å²) in [5.74, 6) is 1.29. The van der Waals surface area contributed by atoms with E-state index < -0.39 is 0 Å². The SMILES string of the molecule is CCOc1nn(CCO)c2c1/C=C/c1[nH]nc3ccc(cc13)-c1cnn(C)c1OC[C@H](CC)N(C)C2. The first kappa shape index (κ1) is 24.1. The Labute approximate surface area is 210 Å². The van der Waals surface area contributed by atoms with Gasteiger partial charge in [-0.05, 0) is 50.2 Å². The van der Waals surface area contributed by atoms with Crippen LogP contribution in [0.15, 0.2) is 24.4 Å². The number of rotatable bonds is 5. The van der Waals surface area contributed by atoms with Gasteiger partial charge in [-0.1, -0.05) is 13.0 Å². The Morgan fingerprint density at radius 1 is 1.22 bits per heavy atom. The second-order valence-electron chi connectivity index (χ2n) is 9.02. The summed E-state index contributed by atoms with van der Waals surface area (Å²) in [6.45, 7) is 6.11. The van der Waals surface area contributed by atoms with Gasteiger partial charge in [0.2, 0.25) is 11.8 Å². The van der Waals surface area contributed by atoms with E-state index in [4.69, 9.17) is 9.47 Å². The van der Waals surface area contributed by atoms with Crippen molar-refractivity contribution in [3.63, 3.8) is 0 Å². The smallest absolute Gasteiger partial charge is 0.240 e. The first-order chi connectivity index (χ1) is 17.5. The number of aliphatic hydroxyl groups excluding tert-OH is 1. The van der Waals surface area contributed by atoms with Gasteiger partial charge in [-0.3, -0.25) is 14.7 Å². The monoisotopic (exact) mass is 491 g/mol. The van der Waals surface area contributed by atoms with Crippen molar-refractivity contribution in [2.24, 2.45) is 7.05 Å². The lowest BCUT2D eigenvalue weighted by atomic mass is 10.1. The zero-order valence-electron chi connectivity index (χ0n) is 21.2. The van der Waals surface area contributed by atoms with E-state index in [0.29, 0.717) is 32.2 Å². The number of aliphatic hydroxyl groups is 1. The Hall–Kier alpha value is -3.63. The van der Waals surface area contributed by atoms with E-state index in [0.717, 1.165) is 51.3 Å². The molecular formula is C26H33N7O3. The van der Waals surface area contributed by atoms with Gasteiger partial charge in [0.1, 0.15) is 6.61 Å². The van der Waals surface area contributed by atoms with Crippen LogP contribution in [0.5, 0.6) is 11.8 Å². The molecule has 10 heteroatoms. The van der Waals surface area contributed by atoms with Crippen LogP contribution in [0.2, 0.25) is 0 Å². The molecule has 1 aliphatic rings. The van der Waals surface area contributed by atoms with Gasteiger partial charge in [0.05, 0.1) is 54.0 Å². The van der Waals surface area contributed by atoms with Gasteiger partial charge in [0.25, 0.3) is 0 Å². The van der Waals surface area contributed by atoms with Crippen molar-refractivity contribution >= 4 is 23.1 Å². The van der Waals surface area contributed by atoms with Crippen LogP contribution in [0.4, 0.5) is 0 Å². The summed E-state index contributed by atoms with van der Waals surface area (Å²) in [7, 11) is 3.99. The minimum atomic E-state index is -0.00927. The second-order valence-corrected chi connectivity index (χ2v) is 9.02. The normalized spacial score (nSPS) is 17.3. The fourth-order valence-electron chi connectivity index (χ4n) is 4.73. The van der Waals surface area contributed by atoms with Crippen molar-refractivity contribution in [2.45, 2.75) is 39.4 Å². The van der Waals surface area contributed by atoms with Crippen molar-refractivity contribution in [3.05, 3.63) is 41.3 Å². The average Bonchev–Trinajstić information content (AvgIpc) is 3.54. The summed E-state index contributed by atoms with van der Waals surface area (Å²) < 4.78 is 15.9. The summed E-state index contributed by atoms with van der Waals surface area (Å²) in [6.07, 6.45) is 6.80. The number of aryl methyl sites for hydroxylation is 1. The van der Waals surface area contributed by atoms with Crippen molar-refractivity contribution in [1.82, 2.24) is 34.7 Å². The zero-order valence-corrected chi connectivity index (χ0v) is 21.2. The van der Waals surface area contributed by atoms with Gasteiger partial charge in [-0.2, -0.15) is 10.2 Å². The fourth-order valence-corrected chi connectivity index (χ4v) is 4.73. The van der Waals surface area contributed by atoms with E-state index in [2.05, 4.69) is 45.3 Å². The van der Waals surface area contributed by atoms with Crippen LogP contribution < -0.4 is 9.47 Å². The Bertz CT molecular complexity index is 1380. The molecule has 10 nitrogen and oxygen atoms in total. The van der Waals surface area contributed by atoms with Gasteiger partial charge in [-0.15, -0.1) is 5.10 Å². The molecule has 5 rings (SSSR count). The lowest BCUT2D eigenvalue weighted by Gasteiger charge is -2.27. The van der Waals surface area contributed by atoms with Gasteiger partial charge in [0, 0.05) is 25.0 Å². The fraction of sp³-hybridized carbons (Fsp3) is 0.423. The molecule has 0 saturated heterocycles. The Morgan fingerprint density at radius 2 is 2.08 bits per heavy atom. The molecule has 0 saturated carbocycles. The van der Waals surface area contributed by atoms with E-state index in [1.54, 1.807) is 4.68 Å². The highest BCUT2D eigenvalue weighted by molar-refractivity contribution is 5.93. The van der Waals surface area contributed by atoms with Gasteiger partial charge in [-0.25, -0.2) is 4.68 Å². The van der Waals surface area contributed by atoms with Crippen LogP contribution >= 0.6 is 0 Å². The number of nitrogens with one attached hydrogen (secondary N) is 1. The molecular weight excluding hydrogens is 458 g/mol. The Morgan fingerprint density at radius 3 is 2.86 bits per heavy atom. The highest BCUT2D eigenvalue weighted by atomic mass is 16.5. The molecule has 0 amide bonds. The number of likely N-dealkylation sites (N-methyl/N-ethyl adjacent to an activating group) is 1. The first-order valence-electron chi connectivity index (χ1n) is 12.4. The molecule has 1 atom stereocenters. The molecule has 4 aromatic rings. The maximum Gasteiger partial charge on any atom is 0.240 e. The first-order valence-corrected chi connectivity index (χ1v) is 12.4. The summed E-state index contributed by atoms with van der Waals surface area (Å²) in [5.41, 5.74) is 5.60. The van der Waals surface area contributed by atoms with Crippen LogP contribution in [0.1, 0.15) is 37.2 Å².